The molecule has 1 unspecified atom stereocenters. The van der Waals surface area contributed by atoms with E-state index in [4.69, 9.17) is 4.74 Å². The molecule has 0 amide bonds. The normalized spacial score (nSPS) is 31.4. The highest BCUT2D eigenvalue weighted by atomic mass is 16.5. The molecule has 0 spiro atoms. The fourth-order valence-electron chi connectivity index (χ4n) is 2.76. The van der Waals surface area contributed by atoms with Crippen LogP contribution < -0.4 is 0 Å². The fraction of sp³-hybridized carbons (Fsp3) is 0.769. The van der Waals surface area contributed by atoms with E-state index in [0.717, 1.165) is 37.3 Å². The summed E-state index contributed by atoms with van der Waals surface area (Å²) < 4.78 is 7.40. The first-order valence-electron chi connectivity index (χ1n) is 6.30. The first kappa shape index (κ1) is 12.6. The van der Waals surface area contributed by atoms with Crippen molar-refractivity contribution in [2.75, 3.05) is 7.11 Å². The standard InChI is InChI=1S/C13H22N2O2/c1-10-4-7-13(17-3,8-5-10)12(16)11-6-9-14-15(11)2/h6,9-10,12,16H,4-5,7-8H2,1-3H3. The Morgan fingerprint density at radius 2 is 2.18 bits per heavy atom. The second-order valence-corrected chi connectivity index (χ2v) is 5.23. The van der Waals surface area contributed by atoms with E-state index in [2.05, 4.69) is 12.0 Å². The van der Waals surface area contributed by atoms with Crippen molar-refractivity contribution in [3.8, 4) is 0 Å². The monoisotopic (exact) mass is 238 g/mol. The SMILES string of the molecule is COC1(C(O)c2ccnn2C)CCC(C)CC1. The Bertz CT molecular complexity index is 367. The topological polar surface area (TPSA) is 47.3 Å². The van der Waals surface area contributed by atoms with Crippen molar-refractivity contribution < 1.29 is 9.84 Å². The highest BCUT2D eigenvalue weighted by Crippen LogP contribution is 2.42. The van der Waals surface area contributed by atoms with Crippen molar-refractivity contribution in [3.63, 3.8) is 0 Å². The number of rotatable bonds is 3. The van der Waals surface area contributed by atoms with E-state index in [1.807, 2.05) is 13.1 Å². The molecular weight excluding hydrogens is 216 g/mol. The molecule has 0 bridgehead atoms. The predicted molar refractivity (Wildman–Crippen MR) is 65.5 cm³/mol. The lowest BCUT2D eigenvalue weighted by molar-refractivity contribution is -0.132. The summed E-state index contributed by atoms with van der Waals surface area (Å²) in [5, 5.41) is 14.7. The molecule has 0 aliphatic heterocycles. The van der Waals surface area contributed by atoms with Gasteiger partial charge in [-0.05, 0) is 37.7 Å². The molecule has 1 atom stereocenters. The molecule has 1 N–H and O–H groups in total. The van der Waals surface area contributed by atoms with Gasteiger partial charge in [-0.15, -0.1) is 0 Å². The van der Waals surface area contributed by atoms with Gasteiger partial charge in [0.05, 0.1) is 11.3 Å². The van der Waals surface area contributed by atoms with Gasteiger partial charge in [-0.3, -0.25) is 4.68 Å². The molecule has 4 nitrogen and oxygen atoms in total. The Morgan fingerprint density at radius 3 is 2.65 bits per heavy atom. The van der Waals surface area contributed by atoms with E-state index in [0.29, 0.717) is 0 Å². The van der Waals surface area contributed by atoms with Crippen LogP contribution in [0.15, 0.2) is 12.3 Å². The Kier molecular flexibility index (Phi) is 3.54. The minimum atomic E-state index is -0.590. The van der Waals surface area contributed by atoms with Crippen LogP contribution in [0.5, 0.6) is 0 Å². The van der Waals surface area contributed by atoms with Crippen molar-refractivity contribution in [3.05, 3.63) is 18.0 Å². The number of aliphatic hydroxyl groups excluding tert-OH is 1. The van der Waals surface area contributed by atoms with Gasteiger partial charge >= 0.3 is 0 Å². The highest BCUT2D eigenvalue weighted by Gasteiger charge is 2.42. The van der Waals surface area contributed by atoms with Gasteiger partial charge in [0.2, 0.25) is 0 Å². The summed E-state index contributed by atoms with van der Waals surface area (Å²) in [5.41, 5.74) is 0.404. The Balaban J connectivity index is 2.21. The largest absolute Gasteiger partial charge is 0.384 e. The smallest absolute Gasteiger partial charge is 0.124 e. The third-order valence-electron chi connectivity index (χ3n) is 4.16. The molecule has 1 fully saturated rings. The minimum absolute atomic E-state index is 0.430. The third kappa shape index (κ3) is 2.24. The molecule has 1 saturated carbocycles. The van der Waals surface area contributed by atoms with Gasteiger partial charge in [0, 0.05) is 20.4 Å². The molecule has 1 aromatic heterocycles. The van der Waals surface area contributed by atoms with Crippen LogP contribution in [0.2, 0.25) is 0 Å². The molecular formula is C13H22N2O2. The first-order valence-corrected chi connectivity index (χ1v) is 6.30. The summed E-state index contributed by atoms with van der Waals surface area (Å²) >= 11 is 0. The number of hydrogen-bond acceptors (Lipinski definition) is 3. The van der Waals surface area contributed by atoms with Gasteiger partial charge < -0.3 is 9.84 Å². The molecule has 2 rings (SSSR count). The molecule has 17 heavy (non-hydrogen) atoms. The zero-order chi connectivity index (χ0) is 12.5. The molecule has 4 heteroatoms. The zero-order valence-corrected chi connectivity index (χ0v) is 10.9. The Morgan fingerprint density at radius 1 is 1.53 bits per heavy atom. The Labute approximate surface area is 103 Å². The quantitative estimate of drug-likeness (QED) is 0.876. The highest BCUT2D eigenvalue weighted by molar-refractivity contribution is 5.11. The summed E-state index contributed by atoms with van der Waals surface area (Å²) in [6, 6.07) is 1.86. The molecule has 0 saturated heterocycles. The zero-order valence-electron chi connectivity index (χ0n) is 10.9. The van der Waals surface area contributed by atoms with Crippen molar-refractivity contribution in [2.24, 2.45) is 13.0 Å². The van der Waals surface area contributed by atoms with Crippen LogP contribution in [-0.2, 0) is 11.8 Å². The molecule has 1 heterocycles. The lowest BCUT2D eigenvalue weighted by atomic mass is 9.75. The van der Waals surface area contributed by atoms with Crippen LogP contribution in [0.3, 0.4) is 0 Å². The van der Waals surface area contributed by atoms with E-state index in [1.54, 1.807) is 18.0 Å². The predicted octanol–water partition coefficient (Wildman–Crippen LogP) is 2.05. The van der Waals surface area contributed by atoms with Gasteiger partial charge in [0.15, 0.2) is 0 Å². The number of aliphatic hydroxyl groups is 1. The van der Waals surface area contributed by atoms with Crippen LogP contribution in [-0.4, -0.2) is 27.6 Å². The van der Waals surface area contributed by atoms with E-state index in [-0.39, 0.29) is 0 Å². The van der Waals surface area contributed by atoms with Crippen LogP contribution in [0.4, 0.5) is 0 Å². The minimum Gasteiger partial charge on any atom is -0.384 e. The Hall–Kier alpha value is -0.870. The number of aryl methyl sites for hydroxylation is 1. The van der Waals surface area contributed by atoms with E-state index in [9.17, 15) is 5.11 Å². The number of hydrogen-bond donors (Lipinski definition) is 1. The van der Waals surface area contributed by atoms with E-state index < -0.39 is 11.7 Å². The first-order chi connectivity index (χ1) is 8.09. The van der Waals surface area contributed by atoms with Crippen molar-refractivity contribution in [2.45, 2.75) is 44.3 Å². The van der Waals surface area contributed by atoms with Gasteiger partial charge in [-0.1, -0.05) is 6.92 Å². The van der Waals surface area contributed by atoms with Crippen LogP contribution in [0.1, 0.15) is 44.4 Å². The average molecular weight is 238 g/mol. The lowest BCUT2D eigenvalue weighted by Gasteiger charge is -2.41. The van der Waals surface area contributed by atoms with Crippen LogP contribution in [0.25, 0.3) is 0 Å². The fourth-order valence-corrected chi connectivity index (χ4v) is 2.76. The summed E-state index contributed by atoms with van der Waals surface area (Å²) in [4.78, 5) is 0. The van der Waals surface area contributed by atoms with E-state index >= 15 is 0 Å². The van der Waals surface area contributed by atoms with Crippen molar-refractivity contribution in [1.82, 2.24) is 9.78 Å². The average Bonchev–Trinajstić information content (AvgIpc) is 2.76. The number of methoxy groups -OCH3 is 1. The van der Waals surface area contributed by atoms with Gasteiger partial charge in [0.25, 0.3) is 0 Å². The summed E-state index contributed by atoms with van der Waals surface area (Å²) in [7, 11) is 3.56. The van der Waals surface area contributed by atoms with Gasteiger partial charge in [-0.2, -0.15) is 5.10 Å². The molecule has 1 aliphatic carbocycles. The van der Waals surface area contributed by atoms with E-state index in [1.165, 1.54) is 0 Å². The maximum absolute atomic E-state index is 10.6. The molecule has 96 valence electrons. The molecule has 1 aliphatic rings. The summed E-state index contributed by atoms with van der Waals surface area (Å²) in [6.07, 6.45) is 5.18. The number of aromatic nitrogens is 2. The second kappa shape index (κ2) is 4.78. The van der Waals surface area contributed by atoms with Crippen molar-refractivity contribution in [1.29, 1.82) is 0 Å². The maximum Gasteiger partial charge on any atom is 0.124 e. The number of ether oxygens (including phenoxy) is 1. The summed E-state index contributed by atoms with van der Waals surface area (Å²) in [6.45, 7) is 2.26. The number of nitrogens with zero attached hydrogens (tertiary/aromatic N) is 2. The van der Waals surface area contributed by atoms with Gasteiger partial charge in [-0.25, -0.2) is 0 Å². The van der Waals surface area contributed by atoms with Crippen molar-refractivity contribution >= 4 is 0 Å². The molecule has 0 aromatic carbocycles. The third-order valence-corrected chi connectivity index (χ3v) is 4.16. The lowest BCUT2D eigenvalue weighted by Crippen LogP contribution is -2.42. The van der Waals surface area contributed by atoms with Crippen LogP contribution in [0, 0.1) is 5.92 Å². The van der Waals surface area contributed by atoms with Gasteiger partial charge in [0.1, 0.15) is 6.10 Å². The molecule has 1 aromatic rings. The summed E-state index contributed by atoms with van der Waals surface area (Å²) in [5.74, 6) is 0.733. The second-order valence-electron chi connectivity index (χ2n) is 5.23. The molecule has 0 radical (unpaired) electrons. The van der Waals surface area contributed by atoms with Crippen LogP contribution >= 0.6 is 0 Å². The maximum atomic E-state index is 10.6.